The van der Waals surface area contributed by atoms with Gasteiger partial charge in [0.2, 0.25) is 5.91 Å². The van der Waals surface area contributed by atoms with E-state index in [1.165, 1.54) is 0 Å². The lowest BCUT2D eigenvalue weighted by Gasteiger charge is -2.39. The monoisotopic (exact) mass is 282 g/mol. The van der Waals surface area contributed by atoms with Crippen LogP contribution in [0, 0.1) is 5.41 Å². The van der Waals surface area contributed by atoms with E-state index in [9.17, 15) is 4.79 Å². The Bertz CT molecular complexity index is 486. The molecule has 5 heteroatoms. The van der Waals surface area contributed by atoms with Crippen molar-refractivity contribution in [3.8, 4) is 0 Å². The van der Waals surface area contributed by atoms with Crippen LogP contribution in [-0.4, -0.2) is 10.9 Å². The van der Waals surface area contributed by atoms with Gasteiger partial charge in [0.1, 0.15) is 0 Å². The van der Waals surface area contributed by atoms with Gasteiger partial charge in [-0.1, -0.05) is 42.4 Å². The molecule has 1 amide bonds. The van der Waals surface area contributed by atoms with Gasteiger partial charge in [-0.25, -0.2) is 0 Å². The van der Waals surface area contributed by atoms with E-state index in [0.29, 0.717) is 16.6 Å². The predicted octanol–water partition coefficient (Wildman–Crippen LogP) is 2.41. The number of carbonyl (C=O) groups is 1. The lowest BCUT2D eigenvalue weighted by molar-refractivity contribution is -0.131. The summed E-state index contributed by atoms with van der Waals surface area (Å²) in [5.41, 5.74) is 6.03. The first kappa shape index (κ1) is 13.3. The van der Waals surface area contributed by atoms with E-state index in [1.807, 2.05) is 18.2 Å². The molecule has 0 spiro atoms. The Morgan fingerprint density at radius 3 is 2.72 bits per heavy atom. The van der Waals surface area contributed by atoms with Crippen molar-refractivity contribution >= 4 is 34.7 Å². The van der Waals surface area contributed by atoms with Crippen LogP contribution in [0.25, 0.3) is 0 Å². The zero-order valence-electron chi connectivity index (χ0n) is 9.91. The summed E-state index contributed by atoms with van der Waals surface area (Å²) in [7, 11) is 0. The number of hydrogen-bond donors (Lipinski definition) is 2. The Morgan fingerprint density at radius 1 is 1.50 bits per heavy atom. The van der Waals surface area contributed by atoms with Crippen molar-refractivity contribution in [1.82, 2.24) is 5.32 Å². The summed E-state index contributed by atoms with van der Waals surface area (Å²) in [5, 5.41) is 3.55. The molecule has 0 aliphatic heterocycles. The molecular formula is C13H15ClN2OS. The first-order valence-corrected chi connectivity index (χ1v) is 6.66. The Morgan fingerprint density at radius 2 is 2.22 bits per heavy atom. The molecule has 0 atom stereocenters. The zero-order chi connectivity index (χ0) is 13.2. The molecule has 1 fully saturated rings. The minimum absolute atomic E-state index is 0.0683. The maximum absolute atomic E-state index is 12.1. The lowest BCUT2D eigenvalue weighted by atomic mass is 9.68. The molecule has 1 aliphatic rings. The molecule has 1 aromatic carbocycles. The second-order valence-corrected chi connectivity index (χ2v) is 5.49. The molecule has 3 nitrogen and oxygen atoms in total. The van der Waals surface area contributed by atoms with Crippen LogP contribution in [0.1, 0.15) is 24.8 Å². The van der Waals surface area contributed by atoms with Crippen molar-refractivity contribution in [2.45, 2.75) is 25.8 Å². The van der Waals surface area contributed by atoms with Crippen molar-refractivity contribution in [3.63, 3.8) is 0 Å². The molecule has 0 aromatic heterocycles. The Labute approximate surface area is 117 Å². The summed E-state index contributed by atoms with van der Waals surface area (Å²) >= 11 is 10.9. The maximum atomic E-state index is 12.1. The summed E-state index contributed by atoms with van der Waals surface area (Å²) in [6, 6.07) is 7.40. The number of halogens is 1. The number of thiocarbonyl (C=S) groups is 1. The van der Waals surface area contributed by atoms with Crippen LogP contribution in [0.3, 0.4) is 0 Å². The number of nitrogens with one attached hydrogen (secondary N) is 1. The van der Waals surface area contributed by atoms with Crippen molar-refractivity contribution in [1.29, 1.82) is 0 Å². The summed E-state index contributed by atoms with van der Waals surface area (Å²) in [6.45, 7) is 0.448. The molecule has 1 saturated carbocycles. The van der Waals surface area contributed by atoms with E-state index in [1.54, 1.807) is 6.07 Å². The minimum atomic E-state index is -0.617. The minimum Gasteiger partial charge on any atom is -0.392 e. The Balaban J connectivity index is 1.98. The van der Waals surface area contributed by atoms with Gasteiger partial charge in [-0.2, -0.15) is 0 Å². The van der Waals surface area contributed by atoms with Crippen LogP contribution in [-0.2, 0) is 11.3 Å². The average molecular weight is 283 g/mol. The van der Waals surface area contributed by atoms with Gasteiger partial charge >= 0.3 is 0 Å². The number of amides is 1. The van der Waals surface area contributed by atoms with E-state index >= 15 is 0 Å². The third-order valence-corrected chi connectivity index (χ3v) is 4.08. The highest BCUT2D eigenvalue weighted by Crippen LogP contribution is 2.41. The van der Waals surface area contributed by atoms with Crippen LogP contribution in [0.4, 0.5) is 0 Å². The molecule has 0 bridgehead atoms. The summed E-state index contributed by atoms with van der Waals surface area (Å²) in [6.07, 6.45) is 2.51. The standard InChI is InChI=1S/C13H15ClN2OS/c14-10-4-1-3-9(7-10)8-16-12(17)13(11(15)18)5-2-6-13/h1,3-4,7H,2,5-6,8H2,(H2,15,18)(H,16,17). The molecule has 18 heavy (non-hydrogen) atoms. The van der Waals surface area contributed by atoms with Gasteiger partial charge in [0.25, 0.3) is 0 Å². The molecule has 2 rings (SSSR count). The largest absolute Gasteiger partial charge is 0.392 e. The van der Waals surface area contributed by atoms with Crippen LogP contribution >= 0.6 is 23.8 Å². The smallest absolute Gasteiger partial charge is 0.233 e. The van der Waals surface area contributed by atoms with E-state index in [4.69, 9.17) is 29.6 Å². The van der Waals surface area contributed by atoms with Crippen molar-refractivity contribution in [2.24, 2.45) is 11.1 Å². The second kappa shape index (κ2) is 5.24. The number of hydrogen-bond acceptors (Lipinski definition) is 2. The quantitative estimate of drug-likeness (QED) is 0.834. The lowest BCUT2D eigenvalue weighted by Crippen LogP contribution is -2.52. The first-order chi connectivity index (χ1) is 8.54. The van der Waals surface area contributed by atoms with Crippen molar-refractivity contribution in [2.75, 3.05) is 0 Å². The predicted molar refractivity (Wildman–Crippen MR) is 76.4 cm³/mol. The van der Waals surface area contributed by atoms with Crippen LogP contribution in [0.5, 0.6) is 0 Å². The molecular weight excluding hydrogens is 268 g/mol. The number of nitrogens with two attached hydrogens (primary N) is 1. The summed E-state index contributed by atoms with van der Waals surface area (Å²) in [4.78, 5) is 12.4. The molecule has 96 valence electrons. The van der Waals surface area contributed by atoms with Crippen LogP contribution in [0.2, 0.25) is 5.02 Å². The van der Waals surface area contributed by atoms with E-state index in [0.717, 1.165) is 24.8 Å². The number of benzene rings is 1. The molecule has 0 saturated heterocycles. The molecule has 3 N–H and O–H groups in total. The molecule has 0 heterocycles. The summed E-state index contributed by atoms with van der Waals surface area (Å²) < 4.78 is 0. The van der Waals surface area contributed by atoms with Crippen molar-refractivity contribution < 1.29 is 4.79 Å². The highest BCUT2D eigenvalue weighted by atomic mass is 35.5. The van der Waals surface area contributed by atoms with E-state index in [2.05, 4.69) is 5.32 Å². The SMILES string of the molecule is NC(=S)C1(C(=O)NCc2cccc(Cl)c2)CCC1. The molecule has 0 radical (unpaired) electrons. The third kappa shape index (κ3) is 2.49. The molecule has 0 unspecified atom stereocenters. The van der Waals surface area contributed by atoms with Crippen molar-refractivity contribution in [3.05, 3.63) is 34.9 Å². The maximum Gasteiger partial charge on any atom is 0.233 e. The van der Waals surface area contributed by atoms with Gasteiger partial charge in [0.05, 0.1) is 10.4 Å². The fourth-order valence-corrected chi connectivity index (χ4v) is 2.62. The molecule has 1 aliphatic carbocycles. The van der Waals surface area contributed by atoms with Gasteiger partial charge in [0.15, 0.2) is 0 Å². The van der Waals surface area contributed by atoms with E-state index in [-0.39, 0.29) is 5.91 Å². The fourth-order valence-electron chi connectivity index (χ4n) is 2.11. The van der Waals surface area contributed by atoms with Crippen LogP contribution < -0.4 is 11.1 Å². The third-order valence-electron chi connectivity index (χ3n) is 3.46. The Kier molecular flexibility index (Phi) is 3.88. The van der Waals surface area contributed by atoms with Gasteiger partial charge in [0, 0.05) is 11.6 Å². The van der Waals surface area contributed by atoms with Gasteiger partial charge in [-0.05, 0) is 30.5 Å². The highest BCUT2D eigenvalue weighted by molar-refractivity contribution is 7.80. The average Bonchev–Trinajstić information content (AvgIpc) is 2.24. The summed E-state index contributed by atoms with van der Waals surface area (Å²) in [5.74, 6) is -0.0683. The van der Waals surface area contributed by atoms with Crippen LogP contribution in [0.15, 0.2) is 24.3 Å². The fraction of sp³-hybridized carbons (Fsp3) is 0.385. The zero-order valence-corrected chi connectivity index (χ0v) is 11.5. The number of carbonyl (C=O) groups excluding carboxylic acids is 1. The van der Waals surface area contributed by atoms with E-state index < -0.39 is 5.41 Å². The Hall–Kier alpha value is -1.13. The highest BCUT2D eigenvalue weighted by Gasteiger charge is 2.46. The van der Waals surface area contributed by atoms with Gasteiger partial charge < -0.3 is 11.1 Å². The molecule has 1 aromatic rings. The van der Waals surface area contributed by atoms with Gasteiger partial charge in [-0.3, -0.25) is 4.79 Å². The number of rotatable bonds is 4. The van der Waals surface area contributed by atoms with Gasteiger partial charge in [-0.15, -0.1) is 0 Å². The topological polar surface area (TPSA) is 55.1 Å². The second-order valence-electron chi connectivity index (χ2n) is 4.61. The first-order valence-electron chi connectivity index (χ1n) is 5.87. The normalized spacial score (nSPS) is 16.7.